The Balaban J connectivity index is 1.93. The van der Waals surface area contributed by atoms with Crippen LogP contribution in [0.2, 0.25) is 0 Å². The molecule has 0 amide bonds. The molecule has 1 rings (SSSR count). The number of aliphatic hydroxyl groups excluding tert-OH is 1. The van der Waals surface area contributed by atoms with E-state index < -0.39 is 6.10 Å². The molecule has 0 saturated carbocycles. The van der Waals surface area contributed by atoms with Crippen molar-refractivity contribution in [3.05, 3.63) is 0 Å². The fraction of sp³-hybridized carbons (Fsp3) is 1.00. The summed E-state index contributed by atoms with van der Waals surface area (Å²) >= 11 is 0. The monoisotopic (exact) mass is 203 g/mol. The minimum absolute atomic E-state index is 0.191. The SMILES string of the molecule is CCCNCC(O)COC1CCOC1. The van der Waals surface area contributed by atoms with Crippen LogP contribution in [0.3, 0.4) is 0 Å². The van der Waals surface area contributed by atoms with Crippen LogP contribution in [0.1, 0.15) is 19.8 Å². The van der Waals surface area contributed by atoms with Gasteiger partial charge in [0.15, 0.2) is 0 Å². The Morgan fingerprint density at radius 1 is 1.64 bits per heavy atom. The van der Waals surface area contributed by atoms with Gasteiger partial charge in [0.1, 0.15) is 0 Å². The molecule has 0 aromatic carbocycles. The summed E-state index contributed by atoms with van der Waals surface area (Å²) in [6, 6.07) is 0. The number of ether oxygens (including phenoxy) is 2. The second-order valence-corrected chi connectivity index (χ2v) is 3.68. The maximum absolute atomic E-state index is 9.51. The molecular formula is C10H21NO3. The summed E-state index contributed by atoms with van der Waals surface area (Å²) in [5.74, 6) is 0. The van der Waals surface area contributed by atoms with Crippen LogP contribution in [0.5, 0.6) is 0 Å². The molecule has 1 aliphatic rings. The summed E-state index contributed by atoms with van der Waals surface area (Å²) in [5, 5.41) is 12.7. The highest BCUT2D eigenvalue weighted by molar-refractivity contribution is 4.65. The average Bonchev–Trinajstić information content (AvgIpc) is 2.68. The molecule has 0 radical (unpaired) electrons. The Morgan fingerprint density at radius 2 is 2.50 bits per heavy atom. The molecule has 1 fully saturated rings. The first-order chi connectivity index (χ1) is 6.83. The summed E-state index contributed by atoms with van der Waals surface area (Å²) in [7, 11) is 0. The summed E-state index contributed by atoms with van der Waals surface area (Å²) in [5.41, 5.74) is 0. The zero-order valence-electron chi connectivity index (χ0n) is 8.87. The van der Waals surface area contributed by atoms with Gasteiger partial charge in [-0.15, -0.1) is 0 Å². The van der Waals surface area contributed by atoms with E-state index in [0.29, 0.717) is 19.8 Å². The maximum Gasteiger partial charge on any atom is 0.0897 e. The lowest BCUT2D eigenvalue weighted by Crippen LogP contribution is -2.32. The van der Waals surface area contributed by atoms with Crippen LogP contribution in [0, 0.1) is 0 Å². The van der Waals surface area contributed by atoms with E-state index in [0.717, 1.165) is 26.0 Å². The molecule has 2 atom stereocenters. The molecular weight excluding hydrogens is 182 g/mol. The van der Waals surface area contributed by atoms with Crippen LogP contribution in [0.15, 0.2) is 0 Å². The summed E-state index contributed by atoms with van der Waals surface area (Å²) < 4.78 is 10.6. The third-order valence-corrected chi connectivity index (χ3v) is 2.22. The van der Waals surface area contributed by atoms with Crippen molar-refractivity contribution in [2.24, 2.45) is 0 Å². The van der Waals surface area contributed by atoms with Gasteiger partial charge < -0.3 is 19.9 Å². The Kier molecular flexibility index (Phi) is 6.10. The van der Waals surface area contributed by atoms with Crippen molar-refractivity contribution in [3.8, 4) is 0 Å². The van der Waals surface area contributed by atoms with Crippen LogP contribution in [-0.4, -0.2) is 50.2 Å². The van der Waals surface area contributed by atoms with E-state index in [1.807, 2.05) is 0 Å². The van der Waals surface area contributed by atoms with Crippen LogP contribution >= 0.6 is 0 Å². The highest BCUT2D eigenvalue weighted by atomic mass is 16.5. The highest BCUT2D eigenvalue weighted by Crippen LogP contribution is 2.07. The Morgan fingerprint density at radius 3 is 3.14 bits per heavy atom. The summed E-state index contributed by atoms with van der Waals surface area (Å²) in [4.78, 5) is 0. The van der Waals surface area contributed by atoms with Crippen molar-refractivity contribution in [1.82, 2.24) is 5.32 Å². The fourth-order valence-electron chi connectivity index (χ4n) is 1.40. The predicted octanol–water partition coefficient (Wildman–Crippen LogP) is 0.152. The lowest BCUT2D eigenvalue weighted by Gasteiger charge is -2.14. The summed E-state index contributed by atoms with van der Waals surface area (Å²) in [6.07, 6.45) is 1.83. The molecule has 2 unspecified atom stereocenters. The normalized spacial score (nSPS) is 24.0. The minimum Gasteiger partial charge on any atom is -0.389 e. The van der Waals surface area contributed by atoms with E-state index in [4.69, 9.17) is 9.47 Å². The van der Waals surface area contributed by atoms with Gasteiger partial charge in [-0.1, -0.05) is 6.92 Å². The Hall–Kier alpha value is -0.160. The lowest BCUT2D eigenvalue weighted by molar-refractivity contribution is -0.0115. The van der Waals surface area contributed by atoms with Gasteiger partial charge in [0.05, 0.1) is 25.4 Å². The first-order valence-corrected chi connectivity index (χ1v) is 5.41. The van der Waals surface area contributed by atoms with Gasteiger partial charge in [-0.2, -0.15) is 0 Å². The minimum atomic E-state index is -0.401. The van der Waals surface area contributed by atoms with Gasteiger partial charge in [0, 0.05) is 13.2 Å². The molecule has 0 bridgehead atoms. The van der Waals surface area contributed by atoms with Crippen molar-refractivity contribution in [3.63, 3.8) is 0 Å². The molecule has 2 N–H and O–H groups in total. The fourth-order valence-corrected chi connectivity index (χ4v) is 1.40. The molecule has 4 nitrogen and oxygen atoms in total. The van der Waals surface area contributed by atoms with Crippen molar-refractivity contribution < 1.29 is 14.6 Å². The van der Waals surface area contributed by atoms with E-state index in [2.05, 4.69) is 12.2 Å². The Bertz CT molecular complexity index is 137. The van der Waals surface area contributed by atoms with Crippen molar-refractivity contribution in [2.45, 2.75) is 32.0 Å². The van der Waals surface area contributed by atoms with Crippen LogP contribution in [0.25, 0.3) is 0 Å². The molecule has 0 aromatic heterocycles. The largest absolute Gasteiger partial charge is 0.389 e. The number of aliphatic hydroxyl groups is 1. The number of hydrogen-bond acceptors (Lipinski definition) is 4. The lowest BCUT2D eigenvalue weighted by atomic mass is 10.3. The van der Waals surface area contributed by atoms with Gasteiger partial charge in [0.2, 0.25) is 0 Å². The molecule has 0 aliphatic carbocycles. The molecule has 1 saturated heterocycles. The number of nitrogens with one attached hydrogen (secondary N) is 1. The highest BCUT2D eigenvalue weighted by Gasteiger charge is 2.17. The van der Waals surface area contributed by atoms with Crippen molar-refractivity contribution >= 4 is 0 Å². The van der Waals surface area contributed by atoms with Gasteiger partial charge in [-0.3, -0.25) is 0 Å². The van der Waals surface area contributed by atoms with E-state index in [9.17, 15) is 5.11 Å². The first kappa shape index (κ1) is 11.9. The second-order valence-electron chi connectivity index (χ2n) is 3.68. The predicted molar refractivity (Wildman–Crippen MR) is 54.3 cm³/mol. The van der Waals surface area contributed by atoms with Crippen LogP contribution in [-0.2, 0) is 9.47 Å². The molecule has 0 aromatic rings. The van der Waals surface area contributed by atoms with Crippen LogP contribution in [0.4, 0.5) is 0 Å². The van der Waals surface area contributed by atoms with Crippen molar-refractivity contribution in [1.29, 1.82) is 0 Å². The molecule has 84 valence electrons. The van der Waals surface area contributed by atoms with Gasteiger partial charge in [0.25, 0.3) is 0 Å². The number of rotatable bonds is 7. The topological polar surface area (TPSA) is 50.7 Å². The Labute approximate surface area is 85.6 Å². The molecule has 1 heterocycles. The molecule has 4 heteroatoms. The molecule has 1 aliphatic heterocycles. The van der Waals surface area contributed by atoms with E-state index in [-0.39, 0.29) is 6.10 Å². The van der Waals surface area contributed by atoms with Crippen molar-refractivity contribution in [2.75, 3.05) is 32.9 Å². The van der Waals surface area contributed by atoms with Crippen LogP contribution < -0.4 is 5.32 Å². The quantitative estimate of drug-likeness (QED) is 0.578. The smallest absolute Gasteiger partial charge is 0.0897 e. The van der Waals surface area contributed by atoms with Gasteiger partial charge in [-0.25, -0.2) is 0 Å². The zero-order chi connectivity index (χ0) is 10.2. The average molecular weight is 203 g/mol. The summed E-state index contributed by atoms with van der Waals surface area (Å²) in [6.45, 7) is 5.53. The standard InChI is InChI=1S/C10H21NO3/c1-2-4-11-6-9(12)7-14-10-3-5-13-8-10/h9-12H,2-8H2,1H3. The first-order valence-electron chi connectivity index (χ1n) is 5.41. The third kappa shape index (κ3) is 4.91. The number of hydrogen-bond donors (Lipinski definition) is 2. The molecule has 14 heavy (non-hydrogen) atoms. The maximum atomic E-state index is 9.51. The van der Waals surface area contributed by atoms with E-state index in [1.54, 1.807) is 0 Å². The zero-order valence-corrected chi connectivity index (χ0v) is 8.87. The van der Waals surface area contributed by atoms with Gasteiger partial charge >= 0.3 is 0 Å². The van der Waals surface area contributed by atoms with E-state index in [1.165, 1.54) is 0 Å². The third-order valence-electron chi connectivity index (χ3n) is 2.22. The van der Waals surface area contributed by atoms with E-state index >= 15 is 0 Å². The molecule has 0 spiro atoms. The second kappa shape index (κ2) is 7.17. The van der Waals surface area contributed by atoms with Gasteiger partial charge in [-0.05, 0) is 19.4 Å².